The third-order valence-electron chi connectivity index (χ3n) is 4.97. The van der Waals surface area contributed by atoms with E-state index in [1.165, 1.54) is 25.7 Å². The van der Waals surface area contributed by atoms with Gasteiger partial charge in [-0.05, 0) is 31.4 Å². The molecule has 0 aliphatic heterocycles. The lowest BCUT2D eigenvalue weighted by atomic mass is 10.1. The minimum absolute atomic E-state index is 0.00983. The Balaban J connectivity index is 1.51. The molecule has 0 aromatic heterocycles. The highest BCUT2D eigenvalue weighted by Crippen LogP contribution is 2.40. The summed E-state index contributed by atoms with van der Waals surface area (Å²) < 4.78 is 0. The number of hydrogen-bond donors (Lipinski definition) is 2. The van der Waals surface area contributed by atoms with Crippen molar-refractivity contribution in [2.75, 3.05) is 5.32 Å². The van der Waals surface area contributed by atoms with Crippen molar-refractivity contribution in [1.29, 1.82) is 5.26 Å². The summed E-state index contributed by atoms with van der Waals surface area (Å²) in [7, 11) is 0. The Kier molecular flexibility index (Phi) is 5.14. The molecule has 24 heavy (non-hydrogen) atoms. The van der Waals surface area contributed by atoms with Crippen molar-refractivity contribution < 1.29 is 9.59 Å². The van der Waals surface area contributed by atoms with Gasteiger partial charge < -0.3 is 10.6 Å². The van der Waals surface area contributed by atoms with Crippen LogP contribution in [0.2, 0.25) is 0 Å². The molecular weight excluding hydrogens is 302 g/mol. The van der Waals surface area contributed by atoms with Gasteiger partial charge in [0.25, 0.3) is 0 Å². The van der Waals surface area contributed by atoms with Crippen LogP contribution in [0, 0.1) is 23.2 Å². The third kappa shape index (κ3) is 3.94. The van der Waals surface area contributed by atoms with Crippen molar-refractivity contribution in [1.82, 2.24) is 5.32 Å². The fourth-order valence-electron chi connectivity index (χ4n) is 3.42. The summed E-state index contributed by atoms with van der Waals surface area (Å²) in [5, 5.41) is 15.0. The summed E-state index contributed by atoms with van der Waals surface area (Å²) in [6.07, 6.45) is 7.53. The third-order valence-corrected chi connectivity index (χ3v) is 4.97. The number of anilines is 1. The molecule has 3 rings (SSSR count). The molecule has 0 spiro atoms. The zero-order valence-electron chi connectivity index (χ0n) is 13.8. The zero-order valence-corrected chi connectivity index (χ0v) is 13.8. The molecule has 2 aliphatic carbocycles. The molecule has 0 saturated heterocycles. The van der Waals surface area contributed by atoms with Crippen molar-refractivity contribution in [3.8, 4) is 6.07 Å². The number of rotatable bonds is 4. The van der Waals surface area contributed by atoms with Crippen LogP contribution < -0.4 is 10.6 Å². The van der Waals surface area contributed by atoms with E-state index in [0.717, 1.165) is 12.8 Å². The maximum absolute atomic E-state index is 12.3. The highest BCUT2D eigenvalue weighted by Gasteiger charge is 2.48. The van der Waals surface area contributed by atoms with Gasteiger partial charge in [-0.15, -0.1) is 0 Å². The predicted molar refractivity (Wildman–Crippen MR) is 91.0 cm³/mol. The molecule has 5 nitrogen and oxygen atoms in total. The minimum atomic E-state index is -0.275. The summed E-state index contributed by atoms with van der Waals surface area (Å²) in [5.74, 6) is -0.653. The van der Waals surface area contributed by atoms with E-state index in [4.69, 9.17) is 5.26 Å². The zero-order chi connectivity index (χ0) is 16.9. The number of benzene rings is 1. The smallest absolute Gasteiger partial charge is 0.228 e. The fourth-order valence-corrected chi connectivity index (χ4v) is 3.42. The van der Waals surface area contributed by atoms with Crippen LogP contribution in [0.5, 0.6) is 0 Å². The normalized spacial score (nSPS) is 23.6. The van der Waals surface area contributed by atoms with Crippen LogP contribution in [0.4, 0.5) is 5.69 Å². The first-order valence-electron chi connectivity index (χ1n) is 8.79. The first-order chi connectivity index (χ1) is 11.7. The Morgan fingerprint density at radius 3 is 2.38 bits per heavy atom. The van der Waals surface area contributed by atoms with Gasteiger partial charge in [-0.1, -0.05) is 37.8 Å². The highest BCUT2D eigenvalue weighted by molar-refractivity contribution is 6.00. The number of para-hydroxylation sites is 1. The molecule has 126 valence electrons. The second kappa shape index (κ2) is 7.48. The van der Waals surface area contributed by atoms with Gasteiger partial charge >= 0.3 is 0 Å². The average molecular weight is 325 g/mol. The van der Waals surface area contributed by atoms with Crippen molar-refractivity contribution in [3.05, 3.63) is 29.8 Å². The highest BCUT2D eigenvalue weighted by atomic mass is 16.2. The molecule has 0 heterocycles. The van der Waals surface area contributed by atoms with Crippen LogP contribution in [-0.4, -0.2) is 17.9 Å². The molecule has 0 radical (unpaired) electrons. The molecule has 5 heteroatoms. The Hall–Kier alpha value is -2.35. The molecular formula is C19H23N3O2. The summed E-state index contributed by atoms with van der Waals surface area (Å²) in [6, 6.07) is 9.24. The van der Waals surface area contributed by atoms with Crippen LogP contribution in [-0.2, 0) is 9.59 Å². The first kappa shape index (κ1) is 16.5. The van der Waals surface area contributed by atoms with Crippen molar-refractivity contribution >= 4 is 17.5 Å². The molecule has 0 bridgehead atoms. The standard InChI is InChI=1S/C19H23N3O2/c20-12-13-7-5-6-10-17(13)22-19(24)16-11-15(16)18(23)21-14-8-3-1-2-4-9-14/h5-7,10,14-16H,1-4,8-9,11H2,(H,21,23)(H,22,24). The van der Waals surface area contributed by atoms with Crippen LogP contribution >= 0.6 is 0 Å². The van der Waals surface area contributed by atoms with Gasteiger partial charge in [0.05, 0.1) is 23.1 Å². The van der Waals surface area contributed by atoms with Gasteiger partial charge in [0.15, 0.2) is 0 Å². The van der Waals surface area contributed by atoms with Crippen molar-refractivity contribution in [3.63, 3.8) is 0 Å². The van der Waals surface area contributed by atoms with Crippen molar-refractivity contribution in [2.24, 2.45) is 11.8 Å². The van der Waals surface area contributed by atoms with Gasteiger partial charge in [-0.3, -0.25) is 9.59 Å². The van der Waals surface area contributed by atoms with Gasteiger partial charge in [0.2, 0.25) is 11.8 Å². The Morgan fingerprint density at radius 2 is 1.67 bits per heavy atom. The largest absolute Gasteiger partial charge is 0.353 e. The second-order valence-electron chi connectivity index (χ2n) is 6.79. The van der Waals surface area contributed by atoms with E-state index in [2.05, 4.69) is 16.7 Å². The number of carbonyl (C=O) groups is 2. The van der Waals surface area contributed by atoms with E-state index in [1.54, 1.807) is 24.3 Å². The van der Waals surface area contributed by atoms with Gasteiger partial charge in [0.1, 0.15) is 6.07 Å². The Morgan fingerprint density at radius 1 is 1.00 bits per heavy atom. The van der Waals surface area contributed by atoms with E-state index in [0.29, 0.717) is 17.7 Å². The minimum Gasteiger partial charge on any atom is -0.353 e. The van der Waals surface area contributed by atoms with Crippen LogP contribution in [0.15, 0.2) is 24.3 Å². The quantitative estimate of drug-likeness (QED) is 0.835. The molecule has 2 saturated carbocycles. The molecule has 2 aliphatic rings. The average Bonchev–Trinajstić information content (AvgIpc) is 3.40. The van der Waals surface area contributed by atoms with E-state index < -0.39 is 0 Å². The van der Waals surface area contributed by atoms with E-state index in [1.807, 2.05) is 0 Å². The number of nitrogens with zero attached hydrogens (tertiary/aromatic N) is 1. The summed E-state index contributed by atoms with van der Waals surface area (Å²) in [4.78, 5) is 24.6. The summed E-state index contributed by atoms with van der Waals surface area (Å²) in [6.45, 7) is 0. The second-order valence-corrected chi connectivity index (χ2v) is 6.79. The van der Waals surface area contributed by atoms with E-state index in [9.17, 15) is 9.59 Å². The maximum Gasteiger partial charge on any atom is 0.228 e. The number of amides is 2. The molecule has 2 N–H and O–H groups in total. The molecule has 2 atom stereocenters. The lowest BCUT2D eigenvalue weighted by Crippen LogP contribution is -2.36. The maximum atomic E-state index is 12.3. The molecule has 2 fully saturated rings. The van der Waals surface area contributed by atoms with E-state index >= 15 is 0 Å². The number of nitriles is 1. The van der Waals surface area contributed by atoms with Crippen molar-refractivity contribution in [2.45, 2.75) is 51.0 Å². The monoisotopic (exact) mass is 325 g/mol. The van der Waals surface area contributed by atoms with Gasteiger partial charge in [-0.25, -0.2) is 0 Å². The summed E-state index contributed by atoms with van der Waals surface area (Å²) >= 11 is 0. The van der Waals surface area contributed by atoms with E-state index in [-0.39, 0.29) is 29.7 Å². The van der Waals surface area contributed by atoms with Crippen LogP contribution in [0.25, 0.3) is 0 Å². The number of carbonyl (C=O) groups excluding carboxylic acids is 2. The summed E-state index contributed by atoms with van der Waals surface area (Å²) in [5.41, 5.74) is 0.950. The Bertz CT molecular complexity index is 657. The lowest BCUT2D eigenvalue weighted by Gasteiger charge is -2.16. The van der Waals surface area contributed by atoms with Crippen LogP contribution in [0.1, 0.15) is 50.5 Å². The molecule has 1 aromatic carbocycles. The van der Waals surface area contributed by atoms with Gasteiger partial charge in [-0.2, -0.15) is 5.26 Å². The Labute approximate surface area is 142 Å². The SMILES string of the molecule is N#Cc1ccccc1NC(=O)C1CC1C(=O)NC1CCCCCC1. The number of hydrogen-bond acceptors (Lipinski definition) is 3. The fraction of sp³-hybridized carbons (Fsp3) is 0.526. The molecule has 1 aromatic rings. The molecule has 2 unspecified atom stereocenters. The van der Waals surface area contributed by atoms with Crippen LogP contribution in [0.3, 0.4) is 0 Å². The first-order valence-corrected chi connectivity index (χ1v) is 8.79. The number of nitrogens with one attached hydrogen (secondary N) is 2. The predicted octanol–water partition coefficient (Wildman–Crippen LogP) is 2.97. The van der Waals surface area contributed by atoms with Gasteiger partial charge in [0, 0.05) is 6.04 Å². The lowest BCUT2D eigenvalue weighted by molar-refractivity contribution is -0.125. The topological polar surface area (TPSA) is 82.0 Å². The molecule has 2 amide bonds.